The lowest BCUT2D eigenvalue weighted by molar-refractivity contribution is -0.730. The average molecular weight is 1010 g/mol. The lowest BCUT2D eigenvalue weighted by atomic mass is 9.55. The van der Waals surface area contributed by atoms with Crippen LogP contribution < -0.4 is 13.7 Å². The quantitative estimate of drug-likeness (QED) is 0.134. The van der Waals surface area contributed by atoms with Gasteiger partial charge in [-0.25, -0.2) is 0 Å². The first-order chi connectivity index (χ1) is 37.5. The number of fused-ring (bicyclic) bond motifs is 12. The van der Waals surface area contributed by atoms with E-state index in [4.69, 9.17) is 0 Å². The molecule has 3 unspecified atom stereocenters. The van der Waals surface area contributed by atoms with Crippen LogP contribution in [0.1, 0.15) is 112 Å². The van der Waals surface area contributed by atoms with E-state index in [0.717, 1.165) is 6.42 Å². The van der Waals surface area contributed by atoms with E-state index in [1.165, 1.54) is 145 Å². The number of pyridine rings is 3. The molecule has 19 rings (SSSR count). The molecule has 0 radical (unpaired) electrons. The molecule has 0 saturated carbocycles. The van der Waals surface area contributed by atoms with Crippen LogP contribution in [0.4, 0.5) is 0 Å². The number of aromatic nitrogens is 3. The standard InChI is InChI=1S/C75H62N3/c1-70(2,3)48-28-31-76-65(37-48)59-27-24-46-36-61(59)74-42-62(55-19-13-10-18-53(46)55)73-40-47-34-44(22-25-54(47)66-38-49(71(4,5)6)29-32-77(66)73)51-16-12-15-21-57(51)64(41-73)75-43-63(74)56-20-14-11-17-52(56)45-23-26-58(60(35-45)68(75)69(74)76)67-39-50(72(7,8)9)30-33-78(67)75/h10-39,41-43H,40H2,1-9H3/q+3/b62-42-,64-41-. The number of hydrogen-bond acceptors (Lipinski definition) is 0. The normalized spacial score (nSPS) is 22.8. The van der Waals surface area contributed by atoms with E-state index in [1.807, 2.05) is 0 Å². The number of rotatable bonds is 0. The number of hydrogen-bond donors (Lipinski definition) is 0. The SMILES string of the molecule is CC(C)(C)c1cc[n+]2c(c1)-c1ccc3cc1C14/C=C(/c5ccccc5-3)C35/C=C(/c6ccccc6-c6ccc(c(c6)C3)-c3cc(C(C)(C)C)cc[n+]35)C35C=C1c1ccccc1-c1ccc(c(c1)C3=C24)-c1cc(C(C)(C)C)cc[n+]15. The molecule has 3 spiro atoms. The minimum absolute atomic E-state index is 0.0694. The second-order valence-electron chi connectivity index (χ2n) is 26.9. The van der Waals surface area contributed by atoms with Crippen LogP contribution in [0.5, 0.6) is 0 Å². The summed E-state index contributed by atoms with van der Waals surface area (Å²) in [6.07, 6.45) is 16.7. The summed E-state index contributed by atoms with van der Waals surface area (Å²) in [6.45, 7) is 21.2. The van der Waals surface area contributed by atoms with Gasteiger partial charge in [-0.15, -0.1) is 0 Å². The lowest BCUT2D eigenvalue weighted by Gasteiger charge is -2.47. The van der Waals surface area contributed by atoms with Crippen LogP contribution in [0.2, 0.25) is 0 Å². The zero-order valence-electron chi connectivity index (χ0n) is 46.1. The smallest absolute Gasteiger partial charge is 0.184 e. The van der Waals surface area contributed by atoms with Gasteiger partial charge in [-0.1, -0.05) is 153 Å². The Bertz CT molecular complexity index is 4470. The summed E-state index contributed by atoms with van der Waals surface area (Å²) in [7, 11) is 0. The van der Waals surface area contributed by atoms with Crippen molar-refractivity contribution in [3.8, 4) is 67.2 Å². The van der Waals surface area contributed by atoms with Gasteiger partial charge in [0.05, 0.1) is 11.1 Å². The van der Waals surface area contributed by atoms with Crippen LogP contribution in [0, 0.1) is 0 Å². The zero-order valence-corrected chi connectivity index (χ0v) is 46.1. The molecule has 0 saturated heterocycles. The van der Waals surface area contributed by atoms with Crippen LogP contribution >= 0.6 is 0 Å². The highest BCUT2D eigenvalue weighted by molar-refractivity contribution is 6.16. The van der Waals surface area contributed by atoms with Gasteiger partial charge >= 0.3 is 0 Å². The molecule has 10 aliphatic rings. The molecule has 6 aromatic carbocycles. The second kappa shape index (κ2) is 14.3. The predicted molar refractivity (Wildman–Crippen MR) is 317 cm³/mol. The fourth-order valence-corrected chi connectivity index (χ4v) is 15.8. The van der Waals surface area contributed by atoms with Crippen molar-refractivity contribution in [1.82, 2.24) is 0 Å². The Kier molecular flexibility index (Phi) is 8.19. The summed E-state index contributed by atoms with van der Waals surface area (Å²) < 4.78 is 8.16. The van der Waals surface area contributed by atoms with E-state index < -0.39 is 16.5 Å². The monoisotopic (exact) mass is 1000 g/mol. The molecule has 3 aromatic heterocycles. The third kappa shape index (κ3) is 5.38. The minimum Gasteiger partial charge on any atom is -0.184 e. The fourth-order valence-electron chi connectivity index (χ4n) is 15.8. The predicted octanol–water partition coefficient (Wildman–Crippen LogP) is 15.9. The molecule has 0 N–H and O–H groups in total. The van der Waals surface area contributed by atoms with E-state index in [1.54, 1.807) is 0 Å². The van der Waals surface area contributed by atoms with Gasteiger partial charge in [0.1, 0.15) is 11.0 Å². The van der Waals surface area contributed by atoms with Crippen LogP contribution in [0.3, 0.4) is 0 Å². The molecule has 3 aliphatic heterocycles. The van der Waals surface area contributed by atoms with Gasteiger partial charge in [0, 0.05) is 77.2 Å². The van der Waals surface area contributed by atoms with Crippen molar-refractivity contribution < 1.29 is 13.7 Å². The van der Waals surface area contributed by atoms with Gasteiger partial charge in [-0.05, 0) is 142 Å². The van der Waals surface area contributed by atoms with E-state index in [-0.39, 0.29) is 16.2 Å². The molecular formula is C75H62N3+3. The molecule has 374 valence electrons. The molecule has 13 bridgehead atoms. The van der Waals surface area contributed by atoms with Crippen molar-refractivity contribution >= 4 is 28.0 Å². The molecule has 78 heavy (non-hydrogen) atoms. The van der Waals surface area contributed by atoms with Gasteiger partial charge in [0.2, 0.25) is 33.9 Å². The molecule has 0 fully saturated rings. The van der Waals surface area contributed by atoms with Crippen molar-refractivity contribution in [2.24, 2.45) is 0 Å². The van der Waals surface area contributed by atoms with E-state index in [0.29, 0.717) is 0 Å². The van der Waals surface area contributed by atoms with Gasteiger partial charge in [0.15, 0.2) is 18.6 Å². The molecule has 9 aromatic rings. The first kappa shape index (κ1) is 44.8. The van der Waals surface area contributed by atoms with Gasteiger partial charge < -0.3 is 0 Å². The van der Waals surface area contributed by atoms with Gasteiger partial charge in [0.25, 0.3) is 0 Å². The van der Waals surface area contributed by atoms with E-state index >= 15 is 0 Å². The Balaban J connectivity index is 1.20. The highest BCUT2D eigenvalue weighted by atomic mass is 15.1. The van der Waals surface area contributed by atoms with Crippen LogP contribution in [0.15, 0.2) is 201 Å². The maximum Gasteiger partial charge on any atom is 0.245 e. The third-order valence-electron chi connectivity index (χ3n) is 19.6. The zero-order chi connectivity index (χ0) is 52.8. The number of nitrogens with zero attached hydrogens (tertiary/aromatic N) is 3. The first-order valence-corrected chi connectivity index (χ1v) is 28.3. The maximum atomic E-state index is 2.85. The van der Waals surface area contributed by atoms with Crippen molar-refractivity contribution in [2.45, 2.75) is 101 Å². The summed E-state index contributed by atoms with van der Waals surface area (Å²) in [5, 5.41) is 0. The van der Waals surface area contributed by atoms with Gasteiger partial charge in [-0.2, -0.15) is 13.7 Å². The highest BCUT2D eigenvalue weighted by Gasteiger charge is 2.69. The van der Waals surface area contributed by atoms with Crippen molar-refractivity contribution in [1.29, 1.82) is 0 Å². The number of benzene rings is 6. The molecule has 6 heterocycles. The van der Waals surface area contributed by atoms with Crippen LogP contribution in [-0.4, -0.2) is 0 Å². The lowest BCUT2D eigenvalue weighted by Crippen LogP contribution is -2.64. The Morgan fingerprint density at radius 3 is 1.50 bits per heavy atom. The van der Waals surface area contributed by atoms with Crippen LogP contribution in [-0.2, 0) is 39.2 Å². The largest absolute Gasteiger partial charge is 0.245 e. The Labute approximate surface area is 458 Å². The summed E-state index contributed by atoms with van der Waals surface area (Å²) in [6, 6.07) is 65.5. The maximum absolute atomic E-state index is 2.85. The molecule has 0 amide bonds. The van der Waals surface area contributed by atoms with Crippen LogP contribution in [0.25, 0.3) is 95.1 Å². The van der Waals surface area contributed by atoms with Gasteiger partial charge in [-0.3, -0.25) is 0 Å². The van der Waals surface area contributed by atoms with Crippen molar-refractivity contribution in [2.75, 3.05) is 0 Å². The Morgan fingerprint density at radius 2 is 0.872 bits per heavy atom. The number of allylic oxidation sites excluding steroid dienone is 8. The topological polar surface area (TPSA) is 11.6 Å². The first-order valence-electron chi connectivity index (χ1n) is 28.3. The Hall–Kier alpha value is -8.27. The summed E-state index contributed by atoms with van der Waals surface area (Å²) in [5.74, 6) is 0. The molecule has 3 nitrogen and oxygen atoms in total. The van der Waals surface area contributed by atoms with E-state index in [9.17, 15) is 0 Å². The fraction of sp³-hybridized carbons (Fsp3) is 0.213. The molecular weight excluding hydrogens is 943 g/mol. The average Bonchev–Trinajstić information content (AvgIpc) is 1.60. The highest BCUT2D eigenvalue weighted by Crippen LogP contribution is 2.68. The molecule has 3 heteroatoms. The third-order valence-corrected chi connectivity index (χ3v) is 19.6. The summed E-state index contributed by atoms with van der Waals surface area (Å²) in [4.78, 5) is 0. The van der Waals surface area contributed by atoms with Crippen molar-refractivity contribution in [3.63, 3.8) is 0 Å². The summed E-state index contributed by atoms with van der Waals surface area (Å²) in [5.41, 5.74) is 30.7. The van der Waals surface area contributed by atoms with Crippen molar-refractivity contribution in [3.05, 3.63) is 251 Å². The minimum atomic E-state index is -0.908. The molecule has 7 aliphatic carbocycles. The second-order valence-corrected chi connectivity index (χ2v) is 26.9. The Morgan fingerprint density at radius 1 is 0.372 bits per heavy atom. The molecule has 3 atom stereocenters. The van der Waals surface area contributed by atoms with E-state index in [2.05, 4.69) is 277 Å². The summed E-state index contributed by atoms with van der Waals surface area (Å²) >= 11 is 0.